The highest BCUT2D eigenvalue weighted by Gasteiger charge is 2.27. The van der Waals surface area contributed by atoms with Gasteiger partial charge in [0.2, 0.25) is 0 Å². The predicted octanol–water partition coefficient (Wildman–Crippen LogP) is 0.760. The maximum Gasteiger partial charge on any atom is 0.276 e. The van der Waals surface area contributed by atoms with E-state index in [4.69, 9.17) is 0 Å². The zero-order valence-electron chi connectivity index (χ0n) is 11.6. The number of aromatic nitrogens is 2. The number of nitrogens with zero attached hydrogens (tertiary/aromatic N) is 4. The van der Waals surface area contributed by atoms with Crippen molar-refractivity contribution >= 4 is 17.0 Å². The number of rotatable bonds is 5. The Morgan fingerprint density at radius 2 is 2.30 bits per heavy atom. The number of likely N-dealkylation sites (N-methyl/N-ethyl adjacent to an activating group) is 1. The SMILES string of the molecule is CN1CCC[C@H](NN(c2cnn(C3CC3)c2)S(=O)O)C1. The van der Waals surface area contributed by atoms with Gasteiger partial charge in [-0.05, 0) is 39.3 Å². The minimum absolute atomic E-state index is 0.189. The van der Waals surface area contributed by atoms with E-state index < -0.39 is 11.3 Å². The third-order valence-electron chi connectivity index (χ3n) is 3.82. The molecule has 1 aliphatic heterocycles. The Balaban J connectivity index is 1.69. The van der Waals surface area contributed by atoms with Gasteiger partial charge in [0, 0.05) is 12.6 Å². The molecular weight excluding hydrogens is 278 g/mol. The Bertz CT molecular complexity index is 490. The third-order valence-corrected chi connectivity index (χ3v) is 4.45. The molecule has 112 valence electrons. The lowest BCUT2D eigenvalue weighted by molar-refractivity contribution is 0.229. The number of piperidine rings is 1. The summed E-state index contributed by atoms with van der Waals surface area (Å²) in [7, 11) is 2.07. The first-order valence-corrected chi connectivity index (χ1v) is 8.10. The molecule has 1 saturated carbocycles. The molecule has 8 heteroatoms. The summed E-state index contributed by atoms with van der Waals surface area (Å²) in [4.78, 5) is 2.23. The van der Waals surface area contributed by atoms with Crippen LogP contribution in [-0.2, 0) is 11.3 Å². The summed E-state index contributed by atoms with van der Waals surface area (Å²) in [5, 5.41) is 4.27. The number of hydrogen-bond donors (Lipinski definition) is 2. The average molecular weight is 299 g/mol. The molecule has 1 unspecified atom stereocenters. The van der Waals surface area contributed by atoms with E-state index >= 15 is 0 Å². The largest absolute Gasteiger partial charge is 0.305 e. The first kappa shape index (κ1) is 14.0. The molecule has 0 bridgehead atoms. The van der Waals surface area contributed by atoms with Gasteiger partial charge in [-0.3, -0.25) is 9.23 Å². The topological polar surface area (TPSA) is 73.6 Å². The predicted molar refractivity (Wildman–Crippen MR) is 77.4 cm³/mol. The first-order chi connectivity index (χ1) is 9.63. The maximum atomic E-state index is 11.6. The van der Waals surface area contributed by atoms with Crippen molar-refractivity contribution in [1.82, 2.24) is 20.1 Å². The fraction of sp³-hybridized carbons (Fsp3) is 0.750. The van der Waals surface area contributed by atoms with Crippen LogP contribution in [0, 0.1) is 0 Å². The van der Waals surface area contributed by atoms with Crippen molar-refractivity contribution in [3.8, 4) is 0 Å². The second-order valence-electron chi connectivity index (χ2n) is 5.67. The van der Waals surface area contributed by atoms with Crippen molar-refractivity contribution in [2.45, 2.75) is 37.8 Å². The van der Waals surface area contributed by atoms with E-state index in [0.717, 1.165) is 38.8 Å². The van der Waals surface area contributed by atoms with Gasteiger partial charge < -0.3 is 4.90 Å². The molecule has 2 N–H and O–H groups in total. The molecule has 0 spiro atoms. The van der Waals surface area contributed by atoms with Gasteiger partial charge in [0.25, 0.3) is 11.3 Å². The molecule has 2 heterocycles. The monoisotopic (exact) mass is 299 g/mol. The smallest absolute Gasteiger partial charge is 0.276 e. The lowest BCUT2D eigenvalue weighted by Gasteiger charge is -2.33. The van der Waals surface area contributed by atoms with E-state index in [9.17, 15) is 8.76 Å². The van der Waals surface area contributed by atoms with E-state index in [1.165, 1.54) is 4.41 Å². The van der Waals surface area contributed by atoms with Gasteiger partial charge in [-0.2, -0.15) is 9.51 Å². The van der Waals surface area contributed by atoms with E-state index in [1.807, 2.05) is 10.9 Å². The minimum atomic E-state index is -2.10. The molecule has 2 aliphatic rings. The average Bonchev–Trinajstić information content (AvgIpc) is 3.14. The summed E-state index contributed by atoms with van der Waals surface area (Å²) in [6.45, 7) is 1.96. The Kier molecular flexibility index (Phi) is 4.06. The van der Waals surface area contributed by atoms with Gasteiger partial charge in [-0.25, -0.2) is 9.63 Å². The van der Waals surface area contributed by atoms with Crippen molar-refractivity contribution in [3.63, 3.8) is 0 Å². The molecule has 7 nitrogen and oxygen atoms in total. The Labute approximate surface area is 121 Å². The Morgan fingerprint density at radius 1 is 1.50 bits per heavy atom. The van der Waals surface area contributed by atoms with Crippen LogP contribution >= 0.6 is 0 Å². The molecule has 2 atom stereocenters. The number of nitrogens with one attached hydrogen (secondary N) is 1. The van der Waals surface area contributed by atoms with Gasteiger partial charge in [0.1, 0.15) is 5.69 Å². The molecule has 0 radical (unpaired) electrons. The maximum absolute atomic E-state index is 11.6. The molecular formula is C12H21N5O2S. The van der Waals surface area contributed by atoms with Gasteiger partial charge in [0.05, 0.1) is 18.4 Å². The van der Waals surface area contributed by atoms with Crippen LogP contribution in [0.1, 0.15) is 31.7 Å². The molecule has 1 saturated heterocycles. The first-order valence-electron chi connectivity index (χ1n) is 7.03. The summed E-state index contributed by atoms with van der Waals surface area (Å²) in [5.41, 5.74) is 3.81. The lowest BCUT2D eigenvalue weighted by atomic mass is 10.1. The summed E-state index contributed by atoms with van der Waals surface area (Å²) >= 11 is -2.10. The van der Waals surface area contributed by atoms with Crippen LogP contribution in [0.2, 0.25) is 0 Å². The highest BCUT2D eigenvalue weighted by molar-refractivity contribution is 7.80. The third kappa shape index (κ3) is 3.20. The number of anilines is 1. The summed E-state index contributed by atoms with van der Waals surface area (Å²) in [6, 6.07) is 0.660. The molecule has 0 amide bonds. The minimum Gasteiger partial charge on any atom is -0.305 e. The molecule has 0 aromatic carbocycles. The Morgan fingerprint density at radius 3 is 2.95 bits per heavy atom. The highest BCUT2D eigenvalue weighted by atomic mass is 32.2. The van der Waals surface area contributed by atoms with Crippen LogP contribution in [0.3, 0.4) is 0 Å². The lowest BCUT2D eigenvalue weighted by Crippen LogP contribution is -2.52. The molecule has 2 fully saturated rings. The Hall–Kier alpha value is -0.960. The zero-order chi connectivity index (χ0) is 14.1. The van der Waals surface area contributed by atoms with Crippen molar-refractivity contribution in [2.75, 3.05) is 24.6 Å². The van der Waals surface area contributed by atoms with Crippen LogP contribution in [0.15, 0.2) is 12.4 Å². The normalized spacial score (nSPS) is 25.6. The molecule has 1 aromatic rings. The number of hydrazine groups is 1. The number of likely N-dealkylation sites (tertiary alicyclic amines) is 1. The van der Waals surface area contributed by atoms with Crippen molar-refractivity contribution in [3.05, 3.63) is 12.4 Å². The van der Waals surface area contributed by atoms with Crippen LogP contribution in [0.4, 0.5) is 5.69 Å². The fourth-order valence-electron chi connectivity index (χ4n) is 2.62. The van der Waals surface area contributed by atoms with E-state index in [2.05, 4.69) is 22.5 Å². The van der Waals surface area contributed by atoms with E-state index in [0.29, 0.717) is 11.7 Å². The van der Waals surface area contributed by atoms with Gasteiger partial charge in [-0.1, -0.05) is 0 Å². The second-order valence-corrected chi connectivity index (χ2v) is 6.49. The molecule has 20 heavy (non-hydrogen) atoms. The molecule has 3 rings (SSSR count). The van der Waals surface area contributed by atoms with Crippen LogP contribution in [0.5, 0.6) is 0 Å². The van der Waals surface area contributed by atoms with Gasteiger partial charge in [-0.15, -0.1) is 0 Å². The van der Waals surface area contributed by atoms with Gasteiger partial charge in [0.15, 0.2) is 0 Å². The van der Waals surface area contributed by atoms with Crippen LogP contribution in [0.25, 0.3) is 0 Å². The quantitative estimate of drug-likeness (QED) is 0.620. The van der Waals surface area contributed by atoms with Crippen molar-refractivity contribution in [2.24, 2.45) is 0 Å². The summed E-state index contributed by atoms with van der Waals surface area (Å²) in [6.07, 6.45) is 7.88. The summed E-state index contributed by atoms with van der Waals surface area (Å²) < 4.78 is 24.3. The molecule has 1 aromatic heterocycles. The highest BCUT2D eigenvalue weighted by Crippen LogP contribution is 2.35. The molecule has 1 aliphatic carbocycles. The van der Waals surface area contributed by atoms with E-state index in [1.54, 1.807) is 6.20 Å². The fourth-order valence-corrected chi connectivity index (χ4v) is 3.13. The second kappa shape index (κ2) is 5.80. The van der Waals surface area contributed by atoms with E-state index in [-0.39, 0.29) is 6.04 Å². The standard InChI is InChI=1S/C12H21N5O2S/c1-15-6-2-3-10(8-15)14-17(20(18)19)12-7-13-16(9-12)11-4-5-11/h7,9-11,14H,2-6,8H2,1H3,(H,18,19)/t10-/m0/s1. The van der Waals surface area contributed by atoms with Crippen molar-refractivity contribution < 1.29 is 8.76 Å². The van der Waals surface area contributed by atoms with Crippen molar-refractivity contribution in [1.29, 1.82) is 0 Å². The summed E-state index contributed by atoms with van der Waals surface area (Å²) in [5.74, 6) is 0. The van der Waals surface area contributed by atoms with Gasteiger partial charge >= 0.3 is 0 Å². The zero-order valence-corrected chi connectivity index (χ0v) is 12.4. The van der Waals surface area contributed by atoms with Crippen LogP contribution < -0.4 is 9.84 Å². The van der Waals surface area contributed by atoms with Crippen LogP contribution in [-0.4, -0.2) is 49.6 Å². The number of hydrogen-bond acceptors (Lipinski definition) is 4.